The maximum Gasteiger partial charge on any atom is 0.490 e. The van der Waals surface area contributed by atoms with Crippen LogP contribution in [0.2, 0.25) is 0 Å². The Morgan fingerprint density at radius 2 is 1.94 bits per heavy atom. The summed E-state index contributed by atoms with van der Waals surface area (Å²) >= 11 is 0. The first kappa shape index (κ1) is 26.0. The van der Waals surface area contributed by atoms with Crippen molar-refractivity contribution in [3.8, 4) is 12.3 Å². The van der Waals surface area contributed by atoms with Gasteiger partial charge >= 0.3 is 29.2 Å². The van der Waals surface area contributed by atoms with Gasteiger partial charge in [0.25, 0.3) is 0 Å². The molecule has 0 saturated carbocycles. The monoisotopic (exact) mass is 517 g/mol. The maximum absolute atomic E-state index is 12.1. The van der Waals surface area contributed by atoms with Gasteiger partial charge in [0.1, 0.15) is 12.7 Å². The summed E-state index contributed by atoms with van der Waals surface area (Å²) in [7, 11) is -16.9. The molecular weight excluding hydrogens is 503 g/mol. The summed E-state index contributed by atoms with van der Waals surface area (Å²) in [4.78, 5) is 51.3. The molecule has 0 spiro atoms. The molecule has 7 N–H and O–H groups in total. The highest BCUT2D eigenvalue weighted by molar-refractivity contribution is 7.66. The maximum atomic E-state index is 12.1. The fraction of sp³-hybridized carbons (Fsp3) is 0.273. The lowest BCUT2D eigenvalue weighted by Crippen LogP contribution is -2.43. The number of terminal acetylenes is 1. The summed E-state index contributed by atoms with van der Waals surface area (Å²) in [5.74, 6) is 6.27. The number of hydrogen-bond acceptors (Lipinski definition) is 12. The quantitative estimate of drug-likeness (QED) is 0.0761. The Kier molecular flexibility index (Phi) is 7.57. The third-order valence-electron chi connectivity index (χ3n) is 3.35. The summed E-state index contributed by atoms with van der Waals surface area (Å²) < 4.78 is 51.5. The molecule has 0 bridgehead atoms. The second-order valence-corrected chi connectivity index (χ2v) is 10.0. The van der Waals surface area contributed by atoms with Crippen molar-refractivity contribution in [2.45, 2.75) is 11.7 Å². The van der Waals surface area contributed by atoms with Crippen LogP contribution in [0.5, 0.6) is 0 Å². The van der Waals surface area contributed by atoms with Crippen molar-refractivity contribution in [1.82, 2.24) is 9.55 Å². The van der Waals surface area contributed by atoms with E-state index in [0.717, 1.165) is 16.8 Å². The minimum Gasteiger partial charge on any atom is -0.453 e. The number of aliphatic hydroxyl groups is 1. The minimum atomic E-state index is -5.77. The first-order valence-electron chi connectivity index (χ1n) is 7.68. The normalized spacial score (nSPS) is 24.9. The van der Waals surface area contributed by atoms with Crippen molar-refractivity contribution in [1.29, 1.82) is 0 Å². The van der Waals surface area contributed by atoms with Crippen LogP contribution >= 0.6 is 23.5 Å². The third kappa shape index (κ3) is 6.62. The molecule has 176 valence electrons. The van der Waals surface area contributed by atoms with Crippen LogP contribution in [0.25, 0.3) is 5.88 Å². The van der Waals surface area contributed by atoms with Crippen LogP contribution in [-0.2, 0) is 31.6 Å². The molecule has 0 aliphatic carbocycles. The fourth-order valence-electron chi connectivity index (χ4n) is 2.11. The number of nitrogens with two attached hydrogens (primary N) is 1. The van der Waals surface area contributed by atoms with E-state index in [1.54, 1.807) is 0 Å². The summed E-state index contributed by atoms with van der Waals surface area (Å²) in [5.41, 5.74) is -3.20. The van der Waals surface area contributed by atoms with E-state index in [0.29, 0.717) is 0 Å². The Morgan fingerprint density at radius 1 is 1.28 bits per heavy atom. The second kappa shape index (κ2) is 9.32. The number of phosphoric ester groups is 1. The molecule has 2 heterocycles. The summed E-state index contributed by atoms with van der Waals surface area (Å²) in [6, 6.07) is 1.19. The van der Waals surface area contributed by atoms with Crippen LogP contribution in [-0.4, -0.2) is 52.5 Å². The van der Waals surface area contributed by atoms with Crippen LogP contribution in [0, 0.1) is 12.3 Å². The molecule has 0 amide bonds. The van der Waals surface area contributed by atoms with E-state index in [4.69, 9.17) is 31.7 Å². The predicted molar refractivity (Wildman–Crippen MR) is 99.9 cm³/mol. The molecule has 1 aromatic heterocycles. The fourth-order valence-corrected chi connectivity index (χ4v) is 5.16. The molecule has 0 radical (unpaired) electrons. The van der Waals surface area contributed by atoms with Crippen molar-refractivity contribution < 1.29 is 56.3 Å². The molecule has 0 saturated heterocycles. The number of phosphoric acid groups is 3. The predicted octanol–water partition coefficient (Wildman–Crippen LogP) is -0.895. The van der Waals surface area contributed by atoms with Gasteiger partial charge in [-0.05, 0) is 0 Å². The van der Waals surface area contributed by atoms with Crippen molar-refractivity contribution in [3.05, 3.63) is 28.8 Å². The molecule has 0 fully saturated rings. The Labute approximate surface area is 177 Å². The van der Waals surface area contributed by atoms with Crippen LogP contribution in [0.1, 0.15) is 0 Å². The van der Waals surface area contributed by atoms with Gasteiger partial charge in [-0.2, -0.15) is 13.6 Å². The van der Waals surface area contributed by atoms with Gasteiger partial charge in [0.15, 0.2) is 5.82 Å². The first-order chi connectivity index (χ1) is 14.6. The highest BCUT2D eigenvalue weighted by atomic mass is 31.3. The van der Waals surface area contributed by atoms with Crippen molar-refractivity contribution in [3.63, 3.8) is 0 Å². The van der Waals surface area contributed by atoms with Crippen molar-refractivity contribution in [2.75, 3.05) is 6.61 Å². The van der Waals surface area contributed by atoms with Gasteiger partial charge in [0.2, 0.25) is 11.5 Å². The Bertz CT molecular complexity index is 1180. The standard InChI is InChI=1S/C11H14N5O13P3/c1-2-11(6-26-31(22,23)29-32(24,25)28-30(19,20)21)7(17)5-9(27-11)16-4-3-8(14-15-12)13-10(16)18/h1,3-5,7,17H,6H2,(H,22,23)(H,24,25)(H2,19,20,21)(H2,12,13,14,18)/t7-,11+/m0/s1. The van der Waals surface area contributed by atoms with E-state index in [2.05, 4.69) is 28.5 Å². The third-order valence-corrected chi connectivity index (χ3v) is 7.14. The van der Waals surface area contributed by atoms with Crippen LogP contribution in [0.3, 0.4) is 0 Å². The summed E-state index contributed by atoms with van der Waals surface area (Å²) in [6.45, 7) is -1.17. The van der Waals surface area contributed by atoms with Gasteiger partial charge in [-0.25, -0.2) is 23.1 Å². The van der Waals surface area contributed by atoms with Crippen molar-refractivity contribution in [2.24, 2.45) is 16.2 Å². The molecule has 18 nitrogen and oxygen atoms in total. The number of aliphatic hydroxyl groups excluding tert-OH is 1. The van der Waals surface area contributed by atoms with E-state index in [1.165, 1.54) is 6.07 Å². The van der Waals surface area contributed by atoms with E-state index in [1.807, 2.05) is 5.92 Å². The summed E-state index contributed by atoms with van der Waals surface area (Å²) in [6.07, 6.45) is 5.59. The molecule has 1 aliphatic rings. The smallest absolute Gasteiger partial charge is 0.453 e. The van der Waals surface area contributed by atoms with E-state index in [-0.39, 0.29) is 11.7 Å². The molecule has 1 aliphatic heterocycles. The molecule has 32 heavy (non-hydrogen) atoms. The Hall–Kier alpha value is -2.25. The number of rotatable bonds is 9. The zero-order chi connectivity index (χ0) is 24.4. The van der Waals surface area contributed by atoms with Gasteiger partial charge in [-0.15, -0.1) is 11.5 Å². The number of hydrogen-bond donors (Lipinski definition) is 6. The van der Waals surface area contributed by atoms with Crippen molar-refractivity contribution >= 4 is 35.2 Å². The molecule has 4 atom stereocenters. The Balaban J connectivity index is 2.18. The molecule has 21 heteroatoms. The molecule has 0 aromatic carbocycles. The summed E-state index contributed by atoms with van der Waals surface area (Å²) in [5, 5.41) is 16.5. The van der Waals surface area contributed by atoms with Gasteiger partial charge < -0.3 is 35.3 Å². The SMILES string of the molecule is C#C[C@]1(COP(=O)(O)OP(=O)(O)OP(=O)(O)O)OC(n2ccc(N=NN)nc2=O)=C[C@@H]1O. The lowest BCUT2D eigenvalue weighted by molar-refractivity contribution is -0.0257. The molecular formula is C11H14N5O13P3. The van der Waals surface area contributed by atoms with Gasteiger partial charge in [-0.1, -0.05) is 11.1 Å². The second-order valence-electron chi connectivity index (χ2n) is 5.60. The lowest BCUT2D eigenvalue weighted by Gasteiger charge is -2.27. The van der Waals surface area contributed by atoms with Crippen LogP contribution < -0.4 is 11.5 Å². The molecule has 2 unspecified atom stereocenters. The highest BCUT2D eigenvalue weighted by Gasteiger charge is 2.48. The average molecular weight is 517 g/mol. The zero-order valence-electron chi connectivity index (χ0n) is 15.3. The van der Waals surface area contributed by atoms with Gasteiger partial charge in [-0.3, -0.25) is 4.52 Å². The van der Waals surface area contributed by atoms with Crippen LogP contribution in [0.4, 0.5) is 5.82 Å². The lowest BCUT2D eigenvalue weighted by atomic mass is 10.0. The molecule has 1 aromatic rings. The van der Waals surface area contributed by atoms with Gasteiger partial charge in [0, 0.05) is 18.3 Å². The minimum absolute atomic E-state index is 0.149. The largest absolute Gasteiger partial charge is 0.490 e. The highest BCUT2D eigenvalue weighted by Crippen LogP contribution is 2.66. The first-order valence-corrected chi connectivity index (χ1v) is 12.2. The van der Waals surface area contributed by atoms with Crippen LogP contribution in [0.15, 0.2) is 33.5 Å². The zero-order valence-corrected chi connectivity index (χ0v) is 18.0. The molecule has 2 rings (SSSR count). The number of aromatic nitrogens is 2. The van der Waals surface area contributed by atoms with Gasteiger partial charge in [0.05, 0.1) is 0 Å². The van der Waals surface area contributed by atoms with E-state index in [9.17, 15) is 28.5 Å². The van der Waals surface area contributed by atoms with E-state index >= 15 is 0 Å². The van der Waals surface area contributed by atoms with E-state index < -0.39 is 47.5 Å². The average Bonchev–Trinajstić information content (AvgIpc) is 2.94. The number of nitrogens with zero attached hydrogens (tertiary/aromatic N) is 4. The number of ether oxygens (including phenoxy) is 1. The topological polar surface area (TPSA) is 275 Å². The Morgan fingerprint density at radius 3 is 2.47 bits per heavy atom.